The summed E-state index contributed by atoms with van der Waals surface area (Å²) in [5, 5.41) is 6.18. The van der Waals surface area contributed by atoms with Gasteiger partial charge in [-0.3, -0.25) is 4.79 Å². The average molecular weight is 492 g/mol. The molecule has 0 fully saturated rings. The van der Waals surface area contributed by atoms with E-state index >= 15 is 0 Å². The quantitative estimate of drug-likeness (QED) is 0.353. The molecule has 180 valence electrons. The van der Waals surface area contributed by atoms with Gasteiger partial charge >= 0.3 is 5.97 Å². The zero-order valence-corrected chi connectivity index (χ0v) is 20.5. The van der Waals surface area contributed by atoms with E-state index in [-0.39, 0.29) is 22.8 Å². The van der Waals surface area contributed by atoms with E-state index < -0.39 is 12.0 Å². The molecule has 3 aromatic rings. The summed E-state index contributed by atoms with van der Waals surface area (Å²) in [6, 6.07) is 19.0. The van der Waals surface area contributed by atoms with Gasteiger partial charge in [-0.2, -0.15) is 0 Å². The first kappa shape index (κ1) is 24.3. The van der Waals surface area contributed by atoms with Crippen LogP contribution in [0.1, 0.15) is 29.8 Å². The molecule has 0 radical (unpaired) electrons. The van der Waals surface area contributed by atoms with Crippen LogP contribution < -0.4 is 10.6 Å². The Labute approximate surface area is 209 Å². The molecular formula is C27H26FN3O3S. The van der Waals surface area contributed by atoms with Gasteiger partial charge in [0.2, 0.25) is 0 Å². The number of carbonyl (C=O) groups excluding carboxylic acids is 2. The molecule has 1 aliphatic rings. The highest BCUT2D eigenvalue weighted by Crippen LogP contribution is 2.32. The summed E-state index contributed by atoms with van der Waals surface area (Å²) >= 11 is 5.29. The molecule has 0 bridgehead atoms. The van der Waals surface area contributed by atoms with Gasteiger partial charge in [0.1, 0.15) is 11.9 Å². The van der Waals surface area contributed by atoms with E-state index in [4.69, 9.17) is 17.0 Å². The van der Waals surface area contributed by atoms with Crippen molar-refractivity contribution in [3.8, 4) is 11.1 Å². The molecule has 0 saturated carbocycles. The second-order valence-electron chi connectivity index (χ2n) is 8.65. The highest BCUT2D eigenvalue weighted by molar-refractivity contribution is 7.80. The molecule has 1 atom stereocenters. The second kappa shape index (κ2) is 10.2. The first-order valence-electron chi connectivity index (χ1n) is 11.2. The molecule has 0 aromatic heterocycles. The number of hydrogen-bond donors (Lipinski definition) is 2. The number of thiocarbonyl (C=S) groups is 1. The van der Waals surface area contributed by atoms with Gasteiger partial charge < -0.3 is 20.3 Å². The van der Waals surface area contributed by atoms with Gasteiger partial charge in [0.05, 0.1) is 12.8 Å². The molecule has 4 rings (SSSR count). The number of fused-ring (bicyclic) bond motifs is 1. The Bertz CT molecular complexity index is 1280. The third-order valence-electron chi connectivity index (χ3n) is 5.95. The van der Waals surface area contributed by atoms with Crippen molar-refractivity contribution in [2.75, 3.05) is 17.7 Å². The van der Waals surface area contributed by atoms with E-state index in [9.17, 15) is 14.0 Å². The summed E-state index contributed by atoms with van der Waals surface area (Å²) in [5.41, 5.74) is 4.45. The topological polar surface area (TPSA) is 70.7 Å². The van der Waals surface area contributed by atoms with Gasteiger partial charge in [-0.15, -0.1) is 0 Å². The van der Waals surface area contributed by atoms with Gasteiger partial charge in [0.25, 0.3) is 5.91 Å². The zero-order valence-electron chi connectivity index (χ0n) is 19.7. The maximum Gasteiger partial charge on any atom is 0.328 e. The van der Waals surface area contributed by atoms with Gasteiger partial charge in [-0.1, -0.05) is 44.2 Å². The minimum absolute atomic E-state index is 0.0702. The molecule has 8 heteroatoms. The lowest BCUT2D eigenvalue weighted by Crippen LogP contribution is -2.45. The Hall–Kier alpha value is -3.78. The van der Waals surface area contributed by atoms with E-state index in [0.717, 1.165) is 22.4 Å². The van der Waals surface area contributed by atoms with Gasteiger partial charge in [-0.05, 0) is 71.2 Å². The fourth-order valence-corrected chi connectivity index (χ4v) is 4.45. The lowest BCUT2D eigenvalue weighted by atomic mass is 10.0. The Kier molecular flexibility index (Phi) is 7.12. The number of esters is 1. The Morgan fingerprint density at radius 1 is 1.03 bits per heavy atom. The number of benzene rings is 3. The number of ether oxygens (including phenoxy) is 1. The van der Waals surface area contributed by atoms with E-state index in [2.05, 4.69) is 10.6 Å². The van der Waals surface area contributed by atoms with Crippen molar-refractivity contribution in [3.63, 3.8) is 0 Å². The van der Waals surface area contributed by atoms with Crippen LogP contribution in [0.2, 0.25) is 0 Å². The molecule has 0 aliphatic carbocycles. The first-order chi connectivity index (χ1) is 16.8. The third kappa shape index (κ3) is 5.17. The molecule has 0 spiro atoms. The molecule has 0 saturated heterocycles. The number of carbonyl (C=O) groups is 2. The molecule has 3 aromatic carbocycles. The number of hydrogen-bond acceptors (Lipinski definition) is 4. The number of para-hydroxylation sites is 1. The zero-order chi connectivity index (χ0) is 25.1. The average Bonchev–Trinajstić information content (AvgIpc) is 3.16. The van der Waals surface area contributed by atoms with E-state index in [1.54, 1.807) is 29.2 Å². The lowest BCUT2D eigenvalue weighted by molar-refractivity contribution is -0.147. The molecule has 0 unspecified atom stereocenters. The smallest absolute Gasteiger partial charge is 0.328 e. The highest BCUT2D eigenvalue weighted by atomic mass is 32.1. The van der Waals surface area contributed by atoms with Crippen LogP contribution >= 0.6 is 12.2 Å². The summed E-state index contributed by atoms with van der Waals surface area (Å²) in [5.74, 6) is -1.02. The standard InChI is InChI=1S/C27H26FN3O3S/c1-16(2)24(26(33)34-3)31-15-19-14-18(10-13-21(19)25(31)32)17-8-11-20(12-9-17)29-27(35)30-23-7-5-4-6-22(23)28/h4-14,16,24H,15H2,1-3H3,(H2,29,30,35)/t24-/m0/s1. The van der Waals surface area contributed by atoms with Crippen LogP contribution in [0, 0.1) is 11.7 Å². The second-order valence-corrected chi connectivity index (χ2v) is 9.06. The number of nitrogens with one attached hydrogen (secondary N) is 2. The number of halogens is 1. The molecule has 2 N–H and O–H groups in total. The highest BCUT2D eigenvalue weighted by Gasteiger charge is 2.38. The SMILES string of the molecule is COC(=O)[C@H](C(C)C)N1Cc2cc(-c3ccc(NC(=S)Nc4ccccc4F)cc3)ccc2C1=O. The van der Waals surface area contributed by atoms with E-state index in [1.807, 2.05) is 50.2 Å². The summed E-state index contributed by atoms with van der Waals surface area (Å²) in [7, 11) is 1.34. The summed E-state index contributed by atoms with van der Waals surface area (Å²) < 4.78 is 18.7. The number of rotatable bonds is 6. The first-order valence-corrected chi connectivity index (χ1v) is 11.6. The van der Waals surface area contributed by atoms with Gasteiger partial charge in [0.15, 0.2) is 5.11 Å². The Balaban J connectivity index is 1.47. The van der Waals surface area contributed by atoms with Crippen LogP contribution in [-0.2, 0) is 16.1 Å². The largest absolute Gasteiger partial charge is 0.467 e. The molecular weight excluding hydrogens is 465 g/mol. The number of anilines is 2. The van der Waals surface area contributed by atoms with Crippen LogP contribution in [0.3, 0.4) is 0 Å². The van der Waals surface area contributed by atoms with Crippen LogP contribution in [0.15, 0.2) is 66.7 Å². The molecule has 1 aliphatic heterocycles. The molecule has 6 nitrogen and oxygen atoms in total. The fourth-order valence-electron chi connectivity index (χ4n) is 4.22. The minimum Gasteiger partial charge on any atom is -0.467 e. The fraction of sp³-hybridized carbons (Fsp3) is 0.222. The monoisotopic (exact) mass is 491 g/mol. The predicted molar refractivity (Wildman–Crippen MR) is 139 cm³/mol. The molecule has 1 amide bonds. The van der Waals surface area contributed by atoms with Crippen molar-refractivity contribution in [2.24, 2.45) is 5.92 Å². The number of nitrogens with zero attached hydrogens (tertiary/aromatic N) is 1. The Morgan fingerprint density at radius 2 is 1.71 bits per heavy atom. The van der Waals surface area contributed by atoms with E-state index in [0.29, 0.717) is 17.8 Å². The van der Waals surface area contributed by atoms with Crippen LogP contribution in [0.25, 0.3) is 11.1 Å². The maximum absolute atomic E-state index is 13.8. The number of methoxy groups -OCH3 is 1. The van der Waals surface area contributed by atoms with Gasteiger partial charge in [-0.25, -0.2) is 9.18 Å². The Morgan fingerprint density at radius 3 is 2.37 bits per heavy atom. The van der Waals surface area contributed by atoms with Gasteiger partial charge in [0, 0.05) is 17.8 Å². The predicted octanol–water partition coefficient (Wildman–Crippen LogP) is 5.46. The van der Waals surface area contributed by atoms with Crippen molar-refractivity contribution in [1.29, 1.82) is 0 Å². The van der Waals surface area contributed by atoms with Crippen molar-refractivity contribution in [1.82, 2.24) is 4.90 Å². The molecule has 1 heterocycles. The summed E-state index contributed by atoms with van der Waals surface area (Å²) in [6.07, 6.45) is 0. The van der Waals surface area contributed by atoms with Crippen LogP contribution in [0.4, 0.5) is 15.8 Å². The normalized spacial score (nSPS) is 13.4. The lowest BCUT2D eigenvalue weighted by Gasteiger charge is -2.28. The summed E-state index contributed by atoms with van der Waals surface area (Å²) in [6.45, 7) is 4.16. The number of amides is 1. The summed E-state index contributed by atoms with van der Waals surface area (Å²) in [4.78, 5) is 26.9. The molecule has 35 heavy (non-hydrogen) atoms. The minimum atomic E-state index is -0.629. The van der Waals surface area contributed by atoms with Crippen molar-refractivity contribution in [2.45, 2.75) is 26.4 Å². The van der Waals surface area contributed by atoms with Crippen LogP contribution in [-0.4, -0.2) is 35.0 Å². The van der Waals surface area contributed by atoms with Crippen molar-refractivity contribution in [3.05, 3.63) is 83.7 Å². The maximum atomic E-state index is 13.8. The third-order valence-corrected chi connectivity index (χ3v) is 6.15. The van der Waals surface area contributed by atoms with E-state index in [1.165, 1.54) is 13.2 Å². The van der Waals surface area contributed by atoms with Crippen molar-refractivity contribution < 1.29 is 18.7 Å². The van der Waals surface area contributed by atoms with Crippen molar-refractivity contribution >= 4 is 40.6 Å². The van der Waals surface area contributed by atoms with Crippen LogP contribution in [0.5, 0.6) is 0 Å².